The van der Waals surface area contributed by atoms with Crippen LogP contribution >= 0.6 is 0 Å². The Morgan fingerprint density at radius 2 is 2.50 bits per heavy atom. The normalized spacial score (nSPS) is 8.83. The Labute approximate surface area is 44.8 Å². The summed E-state index contributed by atoms with van der Waals surface area (Å²) in [5, 5.41) is 0. The average Bonchev–Trinajstić information content (AvgIpc) is 1.86. The van der Waals surface area contributed by atoms with Crippen molar-refractivity contribution in [1.29, 1.82) is 0 Å². The molecule has 2 heteroatoms. The van der Waals surface area contributed by atoms with E-state index in [0.29, 0.717) is 0 Å². The van der Waals surface area contributed by atoms with Gasteiger partial charge in [-0.05, 0) is 0 Å². The van der Waals surface area contributed by atoms with Gasteiger partial charge in [0.15, 0.2) is 0 Å². The van der Waals surface area contributed by atoms with E-state index in [2.05, 4.69) is 16.9 Å². The summed E-state index contributed by atoms with van der Waals surface area (Å²) in [6, 6.07) is 3.74. The molecule has 0 saturated heterocycles. The molecule has 0 N–H and O–H groups in total. The fourth-order valence-electron chi connectivity index (χ4n) is 0.270. The molecule has 1 rings (SSSR count). The third-order valence-corrected chi connectivity index (χ3v) is 1.04. The van der Waals surface area contributed by atoms with Gasteiger partial charge in [0.05, 0.1) is 0 Å². The predicted molar refractivity (Wildman–Crippen MR) is 24.1 cm³/mol. The quantitative estimate of drug-likeness (QED) is 0.467. The number of hydrogen-bond acceptors (Lipinski definition) is 1. The summed E-state index contributed by atoms with van der Waals surface area (Å²) in [7, 11) is 0. The summed E-state index contributed by atoms with van der Waals surface area (Å²) in [6.45, 7) is 0. The zero-order valence-corrected chi connectivity index (χ0v) is 4.96. The van der Waals surface area contributed by atoms with Crippen molar-refractivity contribution in [3.05, 3.63) is 18.4 Å². The first-order chi connectivity index (χ1) is 2.89. The van der Waals surface area contributed by atoms with Crippen LogP contribution in [0.15, 0.2) is 22.8 Å². The number of hydrogen-bond donors (Lipinski definition) is 0. The Kier molecular flexibility index (Phi) is 1.02. The van der Waals surface area contributed by atoms with E-state index in [0.717, 1.165) is 4.55 Å². The third kappa shape index (κ3) is 0.661. The maximum absolute atomic E-state index is 4.81. The molecule has 0 amide bonds. The Bertz CT molecular complexity index is 111. The minimum atomic E-state index is 0.905. The van der Waals surface area contributed by atoms with Crippen LogP contribution in [0.5, 0.6) is 0 Å². The van der Waals surface area contributed by atoms with Crippen LogP contribution in [-0.4, -0.2) is 16.9 Å². The van der Waals surface area contributed by atoms with Crippen LogP contribution in [0.4, 0.5) is 0 Å². The zero-order valence-electron chi connectivity index (χ0n) is 3.09. The summed E-state index contributed by atoms with van der Waals surface area (Å²) >= 11 is 2.32. The van der Waals surface area contributed by atoms with Gasteiger partial charge < -0.3 is 0 Å². The monoisotopic (exact) mass is 142 g/mol. The first-order valence-corrected chi connectivity index (χ1v) is 2.56. The molecule has 0 aliphatic heterocycles. The van der Waals surface area contributed by atoms with E-state index in [1.54, 1.807) is 6.26 Å². The molecule has 30 valence electrons. The van der Waals surface area contributed by atoms with Crippen LogP contribution in [0.25, 0.3) is 0 Å². The van der Waals surface area contributed by atoms with E-state index in [-0.39, 0.29) is 0 Å². The molecule has 0 saturated carbocycles. The van der Waals surface area contributed by atoms with Gasteiger partial charge in [-0.3, -0.25) is 0 Å². The fourth-order valence-corrected chi connectivity index (χ4v) is 0.578. The molecule has 1 heterocycles. The van der Waals surface area contributed by atoms with E-state index in [4.69, 9.17) is 4.42 Å². The van der Waals surface area contributed by atoms with Gasteiger partial charge in [-0.25, -0.2) is 0 Å². The third-order valence-electron chi connectivity index (χ3n) is 0.506. The van der Waals surface area contributed by atoms with Gasteiger partial charge in [0.25, 0.3) is 0 Å². The summed E-state index contributed by atoms with van der Waals surface area (Å²) in [4.78, 5) is 0. The van der Waals surface area contributed by atoms with Crippen molar-refractivity contribution in [3.8, 4) is 0 Å². The molecular weight excluding hydrogens is 139 g/mol. The summed E-state index contributed by atoms with van der Waals surface area (Å²) in [6.07, 6.45) is 1.65. The van der Waals surface area contributed by atoms with Crippen LogP contribution in [0.1, 0.15) is 0 Å². The summed E-state index contributed by atoms with van der Waals surface area (Å²) in [5.74, 6) is 0. The SMILES string of the molecule is [As]c1ccco1. The molecule has 2 radical (unpaired) electrons. The maximum atomic E-state index is 4.81. The standard InChI is InChI=1S/C4H3AsO/c5-4-2-1-3-6-4/h1-3H. The van der Waals surface area contributed by atoms with E-state index in [1.807, 2.05) is 12.1 Å². The molecule has 0 fully saturated rings. The molecule has 0 bridgehead atoms. The Balaban J connectivity index is 3.05. The Morgan fingerprint density at radius 3 is 2.67 bits per heavy atom. The van der Waals surface area contributed by atoms with Gasteiger partial charge >= 0.3 is 44.2 Å². The van der Waals surface area contributed by atoms with E-state index in [1.165, 1.54) is 0 Å². The van der Waals surface area contributed by atoms with Gasteiger partial charge in [0.1, 0.15) is 0 Å². The average molecular weight is 142 g/mol. The van der Waals surface area contributed by atoms with E-state index in [9.17, 15) is 0 Å². The molecule has 0 aliphatic rings. The Morgan fingerprint density at radius 1 is 1.67 bits per heavy atom. The van der Waals surface area contributed by atoms with Crippen molar-refractivity contribution in [2.45, 2.75) is 0 Å². The van der Waals surface area contributed by atoms with Crippen LogP contribution in [0.3, 0.4) is 0 Å². The summed E-state index contributed by atoms with van der Waals surface area (Å²) < 4.78 is 5.71. The zero-order chi connectivity index (χ0) is 4.41. The van der Waals surface area contributed by atoms with Crippen LogP contribution < -0.4 is 4.55 Å². The predicted octanol–water partition coefficient (Wildman–Crippen LogP) is 0.0734. The van der Waals surface area contributed by atoms with Gasteiger partial charge in [-0.2, -0.15) is 0 Å². The molecule has 0 atom stereocenters. The molecule has 1 aromatic heterocycles. The number of rotatable bonds is 0. The van der Waals surface area contributed by atoms with Crippen molar-refractivity contribution < 1.29 is 4.42 Å². The van der Waals surface area contributed by atoms with E-state index < -0.39 is 0 Å². The Hall–Kier alpha value is -0.162. The van der Waals surface area contributed by atoms with E-state index >= 15 is 0 Å². The summed E-state index contributed by atoms with van der Waals surface area (Å²) in [5.41, 5.74) is 0. The van der Waals surface area contributed by atoms with Crippen molar-refractivity contribution >= 4 is 21.4 Å². The van der Waals surface area contributed by atoms with Crippen LogP contribution in [0, 0.1) is 0 Å². The van der Waals surface area contributed by atoms with Gasteiger partial charge in [0.2, 0.25) is 0 Å². The second-order valence-electron chi connectivity index (χ2n) is 0.951. The van der Waals surface area contributed by atoms with Crippen molar-refractivity contribution in [2.75, 3.05) is 0 Å². The first kappa shape index (κ1) is 4.01. The van der Waals surface area contributed by atoms with Crippen molar-refractivity contribution in [3.63, 3.8) is 0 Å². The second kappa shape index (κ2) is 1.52. The molecule has 1 aromatic rings. The molecular formula is C4H3AsO. The fraction of sp³-hybridized carbons (Fsp3) is 0. The second-order valence-corrected chi connectivity index (χ2v) is 1.88. The molecule has 0 unspecified atom stereocenters. The van der Waals surface area contributed by atoms with Crippen LogP contribution in [-0.2, 0) is 0 Å². The first-order valence-electron chi connectivity index (χ1n) is 1.62. The molecule has 1 nitrogen and oxygen atoms in total. The topological polar surface area (TPSA) is 13.1 Å². The van der Waals surface area contributed by atoms with Crippen molar-refractivity contribution in [1.82, 2.24) is 0 Å². The van der Waals surface area contributed by atoms with Gasteiger partial charge in [-0.15, -0.1) is 0 Å². The minimum absolute atomic E-state index is 0.905. The van der Waals surface area contributed by atoms with Crippen LogP contribution in [0.2, 0.25) is 0 Å². The molecule has 0 aromatic carbocycles. The van der Waals surface area contributed by atoms with Gasteiger partial charge in [-0.1, -0.05) is 0 Å². The van der Waals surface area contributed by atoms with Gasteiger partial charge in [0, 0.05) is 0 Å². The molecule has 0 aliphatic carbocycles. The van der Waals surface area contributed by atoms with Crippen molar-refractivity contribution in [2.24, 2.45) is 0 Å². The molecule has 6 heavy (non-hydrogen) atoms. The number of furan rings is 1. The molecule has 0 spiro atoms.